The van der Waals surface area contributed by atoms with Crippen LogP contribution in [0.3, 0.4) is 0 Å². The van der Waals surface area contributed by atoms with Gasteiger partial charge in [0.25, 0.3) is 5.91 Å². The van der Waals surface area contributed by atoms with Crippen LogP contribution >= 0.6 is 11.6 Å². The summed E-state index contributed by atoms with van der Waals surface area (Å²) in [5.74, 6) is 0.483. The minimum atomic E-state index is -0.0498. The molecular weight excluding hydrogens is 272 g/mol. The fourth-order valence-electron chi connectivity index (χ4n) is 2.98. The SMILES string of the molecule is CN(C)CC1CCCCC1NC(=O)c1ccccc1Cl. The molecule has 0 heterocycles. The normalized spacial score (nSPS) is 22.8. The molecule has 1 amide bonds. The lowest BCUT2D eigenvalue weighted by molar-refractivity contribution is 0.0895. The van der Waals surface area contributed by atoms with E-state index in [1.54, 1.807) is 12.1 Å². The Hall–Kier alpha value is -1.06. The number of carbonyl (C=O) groups excluding carboxylic acids is 1. The van der Waals surface area contributed by atoms with Gasteiger partial charge < -0.3 is 10.2 Å². The minimum absolute atomic E-state index is 0.0498. The topological polar surface area (TPSA) is 32.3 Å². The van der Waals surface area contributed by atoms with Crippen molar-refractivity contribution in [3.63, 3.8) is 0 Å². The molecule has 20 heavy (non-hydrogen) atoms. The average molecular weight is 295 g/mol. The molecule has 0 saturated heterocycles. The van der Waals surface area contributed by atoms with Crippen LogP contribution in [0.25, 0.3) is 0 Å². The highest BCUT2D eigenvalue weighted by Crippen LogP contribution is 2.25. The van der Waals surface area contributed by atoms with E-state index in [1.807, 2.05) is 12.1 Å². The van der Waals surface area contributed by atoms with Crippen molar-refractivity contribution >= 4 is 17.5 Å². The van der Waals surface area contributed by atoms with Crippen LogP contribution in [0.2, 0.25) is 5.02 Å². The van der Waals surface area contributed by atoms with Crippen molar-refractivity contribution in [2.24, 2.45) is 5.92 Å². The van der Waals surface area contributed by atoms with Gasteiger partial charge in [0.1, 0.15) is 0 Å². The van der Waals surface area contributed by atoms with Gasteiger partial charge in [0.15, 0.2) is 0 Å². The van der Waals surface area contributed by atoms with Gasteiger partial charge in [0.2, 0.25) is 0 Å². The highest BCUT2D eigenvalue weighted by Gasteiger charge is 2.27. The van der Waals surface area contributed by atoms with E-state index in [4.69, 9.17) is 11.6 Å². The first kappa shape index (κ1) is 15.3. The third-order valence-electron chi connectivity index (χ3n) is 3.94. The maximum Gasteiger partial charge on any atom is 0.253 e. The fraction of sp³-hybridized carbons (Fsp3) is 0.562. The average Bonchev–Trinajstić information content (AvgIpc) is 2.41. The molecule has 1 aliphatic carbocycles. The largest absolute Gasteiger partial charge is 0.349 e. The molecule has 0 aromatic heterocycles. The lowest BCUT2D eigenvalue weighted by Gasteiger charge is -2.34. The van der Waals surface area contributed by atoms with Crippen LogP contribution in [-0.4, -0.2) is 37.5 Å². The van der Waals surface area contributed by atoms with Crippen LogP contribution in [0.4, 0.5) is 0 Å². The molecule has 110 valence electrons. The van der Waals surface area contributed by atoms with Crippen molar-refractivity contribution in [3.05, 3.63) is 34.9 Å². The van der Waals surface area contributed by atoms with Crippen molar-refractivity contribution in [3.8, 4) is 0 Å². The van der Waals surface area contributed by atoms with Gasteiger partial charge in [-0.05, 0) is 45.0 Å². The monoisotopic (exact) mass is 294 g/mol. The first-order valence-corrected chi connectivity index (χ1v) is 7.66. The third kappa shape index (κ3) is 3.97. The highest BCUT2D eigenvalue weighted by molar-refractivity contribution is 6.33. The number of benzene rings is 1. The van der Waals surface area contributed by atoms with Gasteiger partial charge in [0, 0.05) is 12.6 Å². The first-order valence-electron chi connectivity index (χ1n) is 7.28. The van der Waals surface area contributed by atoms with E-state index in [-0.39, 0.29) is 11.9 Å². The van der Waals surface area contributed by atoms with Gasteiger partial charge in [0.05, 0.1) is 10.6 Å². The molecule has 2 unspecified atom stereocenters. The van der Waals surface area contributed by atoms with E-state index in [2.05, 4.69) is 24.3 Å². The number of carbonyl (C=O) groups is 1. The smallest absolute Gasteiger partial charge is 0.253 e. The number of amides is 1. The van der Waals surface area contributed by atoms with E-state index in [0.29, 0.717) is 16.5 Å². The van der Waals surface area contributed by atoms with Gasteiger partial charge in [-0.25, -0.2) is 0 Å². The fourth-order valence-corrected chi connectivity index (χ4v) is 3.20. The Kier molecular flexibility index (Phi) is 5.44. The number of rotatable bonds is 4. The van der Waals surface area contributed by atoms with Gasteiger partial charge in [-0.15, -0.1) is 0 Å². The van der Waals surface area contributed by atoms with Crippen molar-refractivity contribution in [2.45, 2.75) is 31.7 Å². The highest BCUT2D eigenvalue weighted by atomic mass is 35.5. The summed E-state index contributed by atoms with van der Waals surface area (Å²) in [5.41, 5.74) is 0.573. The van der Waals surface area contributed by atoms with E-state index in [9.17, 15) is 4.79 Å². The van der Waals surface area contributed by atoms with Crippen molar-refractivity contribution in [1.29, 1.82) is 0 Å². The molecule has 1 fully saturated rings. The van der Waals surface area contributed by atoms with Crippen LogP contribution < -0.4 is 5.32 Å². The van der Waals surface area contributed by atoms with Crippen LogP contribution in [0.15, 0.2) is 24.3 Å². The molecule has 0 bridgehead atoms. The van der Waals surface area contributed by atoms with Gasteiger partial charge in [-0.2, -0.15) is 0 Å². The maximum absolute atomic E-state index is 12.4. The van der Waals surface area contributed by atoms with Gasteiger partial charge in [-0.3, -0.25) is 4.79 Å². The Morgan fingerprint density at radius 3 is 2.70 bits per heavy atom. The zero-order valence-corrected chi connectivity index (χ0v) is 13.0. The molecule has 0 radical (unpaired) electrons. The summed E-state index contributed by atoms with van der Waals surface area (Å²) in [6, 6.07) is 7.49. The second kappa shape index (κ2) is 7.09. The quantitative estimate of drug-likeness (QED) is 0.925. The van der Waals surface area contributed by atoms with Gasteiger partial charge >= 0.3 is 0 Å². The van der Waals surface area contributed by atoms with Gasteiger partial charge in [-0.1, -0.05) is 36.6 Å². The summed E-state index contributed by atoms with van der Waals surface area (Å²) in [5, 5.41) is 3.70. The van der Waals surface area contributed by atoms with Crippen molar-refractivity contribution in [1.82, 2.24) is 10.2 Å². The Labute approximate surface area is 126 Å². The molecule has 0 spiro atoms. The molecule has 1 N–H and O–H groups in total. The number of hydrogen-bond donors (Lipinski definition) is 1. The molecule has 1 aromatic rings. The first-order chi connectivity index (χ1) is 9.58. The van der Waals surface area contributed by atoms with Crippen molar-refractivity contribution in [2.75, 3.05) is 20.6 Å². The summed E-state index contributed by atoms with van der Waals surface area (Å²) >= 11 is 6.09. The second-order valence-electron chi connectivity index (χ2n) is 5.87. The zero-order chi connectivity index (χ0) is 14.5. The minimum Gasteiger partial charge on any atom is -0.349 e. The van der Waals surface area contributed by atoms with E-state index in [1.165, 1.54) is 19.3 Å². The Morgan fingerprint density at radius 2 is 2.00 bits per heavy atom. The Balaban J connectivity index is 2.03. The molecule has 2 atom stereocenters. The van der Waals surface area contributed by atoms with E-state index < -0.39 is 0 Å². The number of nitrogens with one attached hydrogen (secondary N) is 1. The molecule has 1 aliphatic rings. The molecule has 1 saturated carbocycles. The second-order valence-corrected chi connectivity index (χ2v) is 6.27. The maximum atomic E-state index is 12.4. The Morgan fingerprint density at radius 1 is 1.30 bits per heavy atom. The summed E-state index contributed by atoms with van der Waals surface area (Å²) in [7, 11) is 4.17. The van der Waals surface area contributed by atoms with Crippen LogP contribution in [0.5, 0.6) is 0 Å². The summed E-state index contributed by atoms with van der Waals surface area (Å²) < 4.78 is 0. The summed E-state index contributed by atoms with van der Waals surface area (Å²) in [6.45, 7) is 1.02. The summed E-state index contributed by atoms with van der Waals surface area (Å²) in [6.07, 6.45) is 4.70. The molecule has 1 aromatic carbocycles. The molecule has 4 heteroatoms. The predicted octanol–water partition coefficient (Wildman–Crippen LogP) is 3.19. The zero-order valence-electron chi connectivity index (χ0n) is 12.2. The molecular formula is C16H23ClN2O. The van der Waals surface area contributed by atoms with Crippen LogP contribution in [0, 0.1) is 5.92 Å². The molecule has 0 aliphatic heterocycles. The van der Waals surface area contributed by atoms with Crippen LogP contribution in [0.1, 0.15) is 36.0 Å². The molecule has 3 nitrogen and oxygen atoms in total. The predicted molar refractivity (Wildman–Crippen MR) is 83.2 cm³/mol. The number of halogens is 1. The van der Waals surface area contributed by atoms with Crippen LogP contribution in [-0.2, 0) is 0 Å². The van der Waals surface area contributed by atoms with E-state index in [0.717, 1.165) is 13.0 Å². The lowest BCUT2D eigenvalue weighted by atomic mass is 9.84. The number of nitrogens with zero attached hydrogens (tertiary/aromatic N) is 1. The third-order valence-corrected chi connectivity index (χ3v) is 4.27. The standard InChI is InChI=1S/C16H23ClN2O/c1-19(2)11-12-7-3-6-10-15(12)18-16(20)13-8-4-5-9-14(13)17/h4-5,8-9,12,15H,3,6-7,10-11H2,1-2H3,(H,18,20). The summed E-state index contributed by atoms with van der Waals surface area (Å²) in [4.78, 5) is 14.6. The number of hydrogen-bond acceptors (Lipinski definition) is 2. The van der Waals surface area contributed by atoms with E-state index >= 15 is 0 Å². The van der Waals surface area contributed by atoms with Crippen molar-refractivity contribution < 1.29 is 4.79 Å². The Bertz CT molecular complexity index is 462. The molecule has 2 rings (SSSR count). The lowest BCUT2D eigenvalue weighted by Crippen LogP contribution is -2.45.